The molecule has 0 aromatic heterocycles. The first-order chi connectivity index (χ1) is 14.6. The molecule has 31 heavy (non-hydrogen) atoms. The van der Waals surface area contributed by atoms with Gasteiger partial charge < -0.3 is 43.8 Å². The number of nitrogens with two attached hydrogens (primary N) is 1. The Morgan fingerprint density at radius 1 is 1.29 bits per heavy atom. The average molecular weight is 464 g/mol. The minimum atomic E-state index is -2.90. The molecular weight excluding hydrogens is 431 g/mol. The lowest BCUT2D eigenvalue weighted by molar-refractivity contribution is -0.162. The van der Waals surface area contributed by atoms with Crippen LogP contribution in [0.15, 0.2) is 11.8 Å². The van der Waals surface area contributed by atoms with Crippen LogP contribution in [-0.4, -0.2) is 81.8 Å². The molecule has 0 spiro atoms. The SMILES string of the molecule is COCC12CO[C@@H]([C@H](N)O1)[C@@H]2O[PH](=O)OC[C@]1(C)C[C@@H](OC)[C@H](N/C=C(/C)C(C)=O)O1. The number of ether oxygens (including phenoxy) is 5. The van der Waals surface area contributed by atoms with Crippen LogP contribution >= 0.6 is 8.25 Å². The van der Waals surface area contributed by atoms with Crippen LogP contribution in [0.5, 0.6) is 0 Å². The number of fused-ring (bicyclic) bond motifs is 2. The average Bonchev–Trinajstić information content (AvgIpc) is 3.31. The first-order valence-electron chi connectivity index (χ1n) is 10.1. The Balaban J connectivity index is 1.55. The molecule has 3 heterocycles. The Morgan fingerprint density at radius 2 is 2.03 bits per heavy atom. The second-order valence-corrected chi connectivity index (χ2v) is 9.47. The summed E-state index contributed by atoms with van der Waals surface area (Å²) in [7, 11) is 0.218. The molecule has 0 amide bonds. The molecule has 8 atom stereocenters. The maximum Gasteiger partial charge on any atom is 0.319 e. The van der Waals surface area contributed by atoms with Gasteiger partial charge in [0.05, 0.1) is 25.4 Å². The predicted octanol–water partition coefficient (Wildman–Crippen LogP) is 0.479. The van der Waals surface area contributed by atoms with Crippen molar-refractivity contribution in [2.75, 3.05) is 34.0 Å². The van der Waals surface area contributed by atoms with Gasteiger partial charge in [0, 0.05) is 32.4 Å². The molecule has 2 unspecified atom stereocenters. The van der Waals surface area contributed by atoms with E-state index in [0.717, 1.165) is 0 Å². The number of hydrogen-bond donors (Lipinski definition) is 2. The molecule has 3 fully saturated rings. The molecule has 3 rings (SSSR count). The van der Waals surface area contributed by atoms with E-state index in [9.17, 15) is 9.36 Å². The maximum absolute atomic E-state index is 12.6. The van der Waals surface area contributed by atoms with Gasteiger partial charge in [0.2, 0.25) is 0 Å². The lowest BCUT2D eigenvalue weighted by Gasteiger charge is -2.29. The van der Waals surface area contributed by atoms with Gasteiger partial charge >= 0.3 is 8.25 Å². The molecule has 0 aliphatic carbocycles. The smallest absolute Gasteiger partial charge is 0.319 e. The van der Waals surface area contributed by atoms with Crippen molar-refractivity contribution in [1.29, 1.82) is 0 Å². The van der Waals surface area contributed by atoms with Gasteiger partial charge in [-0.05, 0) is 20.8 Å². The summed E-state index contributed by atoms with van der Waals surface area (Å²) in [6, 6.07) is 0. The number of carbonyl (C=O) groups is 1. The van der Waals surface area contributed by atoms with Crippen molar-refractivity contribution in [3.8, 4) is 0 Å². The molecule has 3 saturated heterocycles. The number of methoxy groups -OCH3 is 2. The monoisotopic (exact) mass is 464 g/mol. The number of allylic oxidation sites excluding steroid dienone is 1. The van der Waals surface area contributed by atoms with Crippen LogP contribution in [0.4, 0.5) is 0 Å². The van der Waals surface area contributed by atoms with Crippen molar-refractivity contribution in [2.45, 2.75) is 69.2 Å². The summed E-state index contributed by atoms with van der Waals surface area (Å²) in [5.41, 5.74) is 4.84. The second kappa shape index (κ2) is 9.94. The number of ketones is 1. The summed E-state index contributed by atoms with van der Waals surface area (Å²) in [5.74, 6) is -0.0406. The van der Waals surface area contributed by atoms with Crippen LogP contribution in [0.2, 0.25) is 0 Å². The van der Waals surface area contributed by atoms with E-state index in [1.165, 1.54) is 14.0 Å². The quantitative estimate of drug-likeness (QED) is 0.326. The number of hydrogen-bond acceptors (Lipinski definition) is 11. The third-order valence-electron chi connectivity index (χ3n) is 5.84. The molecule has 11 nitrogen and oxygen atoms in total. The van der Waals surface area contributed by atoms with Crippen LogP contribution in [0, 0.1) is 0 Å². The highest BCUT2D eigenvalue weighted by Crippen LogP contribution is 2.45. The molecule has 12 heteroatoms. The Bertz CT molecular complexity index is 722. The zero-order valence-corrected chi connectivity index (χ0v) is 19.5. The van der Waals surface area contributed by atoms with E-state index in [2.05, 4.69) is 5.32 Å². The van der Waals surface area contributed by atoms with Gasteiger partial charge in [-0.25, -0.2) is 0 Å². The second-order valence-electron chi connectivity index (χ2n) is 8.45. The number of carbonyl (C=O) groups excluding carboxylic acids is 1. The van der Waals surface area contributed by atoms with E-state index in [-0.39, 0.29) is 31.7 Å². The lowest BCUT2D eigenvalue weighted by Crippen LogP contribution is -2.46. The fraction of sp³-hybridized carbons (Fsp3) is 0.842. The maximum atomic E-state index is 12.6. The van der Waals surface area contributed by atoms with Crippen molar-refractivity contribution >= 4 is 14.0 Å². The first-order valence-corrected chi connectivity index (χ1v) is 11.4. The Kier molecular flexibility index (Phi) is 7.94. The number of rotatable bonds is 11. The largest absolute Gasteiger partial charge is 0.381 e. The van der Waals surface area contributed by atoms with E-state index < -0.39 is 44.1 Å². The summed E-state index contributed by atoms with van der Waals surface area (Å²) >= 11 is 0. The molecule has 3 aliphatic rings. The van der Waals surface area contributed by atoms with E-state index in [1.807, 2.05) is 6.92 Å². The predicted molar refractivity (Wildman–Crippen MR) is 109 cm³/mol. The van der Waals surface area contributed by atoms with Crippen LogP contribution in [-0.2, 0) is 42.1 Å². The van der Waals surface area contributed by atoms with Gasteiger partial charge in [0.25, 0.3) is 0 Å². The molecule has 0 radical (unpaired) electrons. The third-order valence-corrected chi connectivity index (χ3v) is 6.67. The van der Waals surface area contributed by atoms with Gasteiger partial charge in [0.1, 0.15) is 30.1 Å². The Hall–Kier alpha value is -0.880. The molecule has 3 N–H and O–H groups in total. The normalized spacial score (nSPS) is 41.0. The zero-order chi connectivity index (χ0) is 22.8. The van der Waals surface area contributed by atoms with Gasteiger partial charge in [-0.15, -0.1) is 0 Å². The highest BCUT2D eigenvalue weighted by molar-refractivity contribution is 7.33. The van der Waals surface area contributed by atoms with Crippen molar-refractivity contribution in [1.82, 2.24) is 5.32 Å². The van der Waals surface area contributed by atoms with E-state index in [0.29, 0.717) is 12.0 Å². The molecule has 0 saturated carbocycles. The lowest BCUT2D eigenvalue weighted by atomic mass is 10.0. The highest BCUT2D eigenvalue weighted by atomic mass is 31.1. The van der Waals surface area contributed by atoms with Crippen LogP contribution in [0.3, 0.4) is 0 Å². The number of Topliss-reactive ketones (excluding diaryl/α,β-unsaturated/α-hetero) is 1. The molecule has 3 aliphatic heterocycles. The summed E-state index contributed by atoms with van der Waals surface area (Å²) in [6.07, 6.45) is -0.512. The van der Waals surface area contributed by atoms with Gasteiger partial charge in [-0.2, -0.15) is 0 Å². The standard InChI is InChI=1S/C19H33N2O9P/c1-11(12(2)22)7-21-17-13(25-5)6-18(3,29-17)8-27-31(23)30-15-14-16(20)28-19(15,9-24-4)10-26-14/h7,13-17,21,31H,6,8-10,20H2,1-5H3/b11-7-/t13-,14-,15+,16-,17-,18+,19?/m1/s1. The Morgan fingerprint density at radius 3 is 2.65 bits per heavy atom. The number of nitrogens with one attached hydrogen (secondary N) is 1. The van der Waals surface area contributed by atoms with E-state index in [1.54, 1.807) is 20.2 Å². The fourth-order valence-electron chi connectivity index (χ4n) is 4.05. The summed E-state index contributed by atoms with van der Waals surface area (Å²) in [5, 5.41) is 3.06. The minimum absolute atomic E-state index is 0.0284. The minimum Gasteiger partial charge on any atom is -0.381 e. The fourth-order valence-corrected chi connectivity index (χ4v) is 5.10. The first kappa shape index (κ1) is 24.8. The summed E-state index contributed by atoms with van der Waals surface area (Å²) in [4.78, 5) is 11.4. The van der Waals surface area contributed by atoms with E-state index >= 15 is 0 Å². The zero-order valence-electron chi connectivity index (χ0n) is 18.5. The molecule has 2 bridgehead atoms. The molecule has 0 aromatic carbocycles. The molecule has 0 aromatic rings. The third kappa shape index (κ3) is 5.38. The molecule has 178 valence electrons. The van der Waals surface area contributed by atoms with Crippen LogP contribution in [0.25, 0.3) is 0 Å². The molecular formula is C19H33N2O9P. The summed E-state index contributed by atoms with van der Waals surface area (Å²) < 4.78 is 51.9. The van der Waals surface area contributed by atoms with Crippen molar-refractivity contribution in [2.24, 2.45) is 5.73 Å². The van der Waals surface area contributed by atoms with Crippen LogP contribution in [0.1, 0.15) is 27.2 Å². The van der Waals surface area contributed by atoms with Crippen molar-refractivity contribution < 1.29 is 42.1 Å². The van der Waals surface area contributed by atoms with Crippen molar-refractivity contribution in [3.05, 3.63) is 11.8 Å². The van der Waals surface area contributed by atoms with Crippen molar-refractivity contribution in [3.63, 3.8) is 0 Å². The van der Waals surface area contributed by atoms with E-state index in [4.69, 9.17) is 38.5 Å². The van der Waals surface area contributed by atoms with Gasteiger partial charge in [-0.3, -0.25) is 9.36 Å². The van der Waals surface area contributed by atoms with Gasteiger partial charge in [0.15, 0.2) is 12.0 Å². The van der Waals surface area contributed by atoms with Crippen LogP contribution < -0.4 is 11.1 Å². The topological polar surface area (TPSA) is 137 Å². The highest BCUT2D eigenvalue weighted by Gasteiger charge is 2.62. The Labute approximate surface area is 182 Å². The van der Waals surface area contributed by atoms with Gasteiger partial charge in [-0.1, -0.05) is 0 Å². The summed E-state index contributed by atoms with van der Waals surface area (Å²) in [6.45, 7) is 5.52.